The maximum atomic E-state index is 12.6. The van der Waals surface area contributed by atoms with E-state index in [9.17, 15) is 13.2 Å². The van der Waals surface area contributed by atoms with E-state index in [0.717, 1.165) is 18.4 Å². The van der Waals surface area contributed by atoms with E-state index in [1.165, 1.54) is 25.3 Å². The van der Waals surface area contributed by atoms with Crippen molar-refractivity contribution in [2.75, 3.05) is 7.11 Å². The number of methoxy groups -OCH3 is 1. The second kappa shape index (κ2) is 7.88. The standard InChI is InChI=1S/C19H21ClN2O4S/c1-12(13-4-3-5-15(20)10-13)21-19(23)14-6-9-17(26-2)18(11-14)27(24,25)22-16-7-8-16/h3-6,9-12,16,22H,7-8H2,1-2H3,(H,21,23)/t12-/m1/s1. The monoisotopic (exact) mass is 408 g/mol. The SMILES string of the molecule is COc1ccc(C(=O)N[C@H](C)c2cccc(Cl)c2)cc1S(=O)(=O)NC1CC1. The van der Waals surface area contributed by atoms with E-state index in [0.29, 0.717) is 5.02 Å². The molecule has 1 fully saturated rings. The second-order valence-corrected chi connectivity index (χ2v) is 8.63. The molecule has 0 aromatic heterocycles. The Balaban J connectivity index is 1.83. The van der Waals surface area contributed by atoms with Crippen molar-refractivity contribution in [2.45, 2.75) is 36.7 Å². The number of amides is 1. The molecule has 1 aliphatic carbocycles. The number of rotatable bonds is 7. The first-order chi connectivity index (χ1) is 12.8. The van der Waals surface area contributed by atoms with E-state index in [1.54, 1.807) is 12.1 Å². The Morgan fingerprint density at radius 1 is 1.22 bits per heavy atom. The molecule has 27 heavy (non-hydrogen) atoms. The van der Waals surface area contributed by atoms with Gasteiger partial charge in [-0.15, -0.1) is 0 Å². The number of hydrogen-bond acceptors (Lipinski definition) is 4. The van der Waals surface area contributed by atoms with Gasteiger partial charge in [0, 0.05) is 16.6 Å². The lowest BCUT2D eigenvalue weighted by atomic mass is 10.1. The van der Waals surface area contributed by atoms with Gasteiger partial charge in [0.2, 0.25) is 10.0 Å². The first-order valence-corrected chi connectivity index (χ1v) is 10.4. The summed E-state index contributed by atoms with van der Waals surface area (Å²) in [6, 6.07) is 11.2. The van der Waals surface area contributed by atoms with Crippen molar-refractivity contribution in [1.82, 2.24) is 10.0 Å². The molecule has 1 aliphatic rings. The molecule has 0 saturated heterocycles. The lowest BCUT2D eigenvalue weighted by molar-refractivity contribution is 0.0939. The van der Waals surface area contributed by atoms with Crippen LogP contribution in [0.15, 0.2) is 47.4 Å². The molecule has 0 unspecified atom stereocenters. The maximum absolute atomic E-state index is 12.6. The lowest BCUT2D eigenvalue weighted by Gasteiger charge is -2.16. The van der Waals surface area contributed by atoms with Crippen LogP contribution in [0.2, 0.25) is 5.02 Å². The predicted molar refractivity (Wildman–Crippen MR) is 104 cm³/mol. The van der Waals surface area contributed by atoms with Crippen molar-refractivity contribution in [3.63, 3.8) is 0 Å². The van der Waals surface area contributed by atoms with Crippen molar-refractivity contribution in [3.05, 3.63) is 58.6 Å². The molecule has 2 aromatic carbocycles. The van der Waals surface area contributed by atoms with Crippen LogP contribution in [-0.4, -0.2) is 27.5 Å². The largest absolute Gasteiger partial charge is 0.495 e. The van der Waals surface area contributed by atoms with E-state index in [4.69, 9.17) is 16.3 Å². The molecule has 1 atom stereocenters. The van der Waals surface area contributed by atoms with Gasteiger partial charge in [0.15, 0.2) is 0 Å². The zero-order valence-electron chi connectivity index (χ0n) is 15.0. The van der Waals surface area contributed by atoms with Crippen molar-refractivity contribution in [1.29, 1.82) is 0 Å². The molecule has 0 aliphatic heterocycles. The summed E-state index contributed by atoms with van der Waals surface area (Å²) in [5.74, 6) is -0.185. The highest BCUT2D eigenvalue weighted by Crippen LogP contribution is 2.28. The fourth-order valence-electron chi connectivity index (χ4n) is 2.65. The average Bonchev–Trinajstić information content (AvgIpc) is 3.44. The average molecular weight is 409 g/mol. The molecule has 1 amide bonds. The maximum Gasteiger partial charge on any atom is 0.251 e. The van der Waals surface area contributed by atoms with Gasteiger partial charge in [-0.1, -0.05) is 23.7 Å². The van der Waals surface area contributed by atoms with Crippen LogP contribution in [0.4, 0.5) is 0 Å². The first kappa shape index (κ1) is 19.7. The van der Waals surface area contributed by atoms with E-state index < -0.39 is 10.0 Å². The quantitative estimate of drug-likeness (QED) is 0.736. The molecule has 2 N–H and O–H groups in total. The van der Waals surface area contributed by atoms with E-state index >= 15 is 0 Å². The number of sulfonamides is 1. The molecular weight excluding hydrogens is 388 g/mol. The zero-order chi connectivity index (χ0) is 19.6. The normalized spacial score (nSPS) is 15.2. The van der Waals surface area contributed by atoms with Crippen LogP contribution in [0.1, 0.15) is 41.7 Å². The van der Waals surface area contributed by atoms with Gasteiger partial charge in [0.25, 0.3) is 5.91 Å². The van der Waals surface area contributed by atoms with Crippen molar-refractivity contribution < 1.29 is 17.9 Å². The van der Waals surface area contributed by atoms with Gasteiger partial charge in [-0.05, 0) is 55.7 Å². The Morgan fingerprint density at radius 3 is 2.59 bits per heavy atom. The van der Waals surface area contributed by atoms with Crippen molar-refractivity contribution >= 4 is 27.5 Å². The van der Waals surface area contributed by atoms with Crippen LogP contribution in [0.3, 0.4) is 0 Å². The molecule has 1 saturated carbocycles. The van der Waals surface area contributed by atoms with Crippen LogP contribution in [-0.2, 0) is 10.0 Å². The number of carbonyl (C=O) groups is 1. The molecule has 3 rings (SSSR count). The number of hydrogen-bond donors (Lipinski definition) is 2. The number of benzene rings is 2. The van der Waals surface area contributed by atoms with Gasteiger partial charge in [-0.3, -0.25) is 4.79 Å². The van der Waals surface area contributed by atoms with Crippen LogP contribution >= 0.6 is 11.6 Å². The Labute approximate surface area is 163 Å². The summed E-state index contributed by atoms with van der Waals surface area (Å²) in [7, 11) is -2.36. The molecular formula is C19H21ClN2O4S. The third kappa shape index (κ3) is 4.80. The molecule has 6 nitrogen and oxygen atoms in total. The summed E-state index contributed by atoms with van der Waals surface area (Å²) in [6.07, 6.45) is 1.64. The number of carbonyl (C=O) groups excluding carboxylic acids is 1. The highest BCUT2D eigenvalue weighted by atomic mass is 35.5. The van der Waals surface area contributed by atoms with Crippen LogP contribution in [0.5, 0.6) is 5.75 Å². The smallest absolute Gasteiger partial charge is 0.251 e. The lowest BCUT2D eigenvalue weighted by Crippen LogP contribution is -2.28. The minimum atomic E-state index is -3.75. The van der Waals surface area contributed by atoms with Crippen LogP contribution < -0.4 is 14.8 Å². The van der Waals surface area contributed by atoms with Gasteiger partial charge in [0.1, 0.15) is 10.6 Å². The molecule has 2 aromatic rings. The van der Waals surface area contributed by atoms with Gasteiger partial charge >= 0.3 is 0 Å². The topological polar surface area (TPSA) is 84.5 Å². The predicted octanol–water partition coefficient (Wildman–Crippen LogP) is 3.28. The van der Waals surface area contributed by atoms with E-state index in [1.807, 2.05) is 19.1 Å². The van der Waals surface area contributed by atoms with E-state index in [-0.39, 0.29) is 34.2 Å². The molecule has 8 heteroatoms. The minimum absolute atomic E-state index is 0.0416. The third-order valence-electron chi connectivity index (χ3n) is 4.31. The first-order valence-electron chi connectivity index (χ1n) is 8.57. The van der Waals surface area contributed by atoms with Gasteiger partial charge < -0.3 is 10.1 Å². The fourth-order valence-corrected chi connectivity index (χ4v) is 4.35. The molecule has 0 spiro atoms. The van der Waals surface area contributed by atoms with Gasteiger partial charge in [-0.2, -0.15) is 0 Å². The van der Waals surface area contributed by atoms with Crippen LogP contribution in [0.25, 0.3) is 0 Å². The van der Waals surface area contributed by atoms with Gasteiger partial charge in [0.05, 0.1) is 13.2 Å². The van der Waals surface area contributed by atoms with Crippen LogP contribution in [0, 0.1) is 0 Å². The highest BCUT2D eigenvalue weighted by molar-refractivity contribution is 7.89. The Bertz CT molecular complexity index is 958. The summed E-state index contributed by atoms with van der Waals surface area (Å²) in [4.78, 5) is 12.6. The summed E-state index contributed by atoms with van der Waals surface area (Å²) < 4.78 is 32.9. The van der Waals surface area contributed by atoms with Gasteiger partial charge in [-0.25, -0.2) is 13.1 Å². The number of nitrogens with one attached hydrogen (secondary N) is 2. The van der Waals surface area contributed by atoms with E-state index in [2.05, 4.69) is 10.0 Å². The zero-order valence-corrected chi connectivity index (χ0v) is 16.6. The molecule has 0 radical (unpaired) electrons. The summed E-state index contributed by atoms with van der Waals surface area (Å²) >= 11 is 5.99. The summed E-state index contributed by atoms with van der Waals surface area (Å²) in [5.41, 5.74) is 1.09. The fraction of sp³-hybridized carbons (Fsp3) is 0.316. The third-order valence-corrected chi connectivity index (χ3v) is 6.09. The Kier molecular flexibility index (Phi) is 5.74. The highest BCUT2D eigenvalue weighted by Gasteiger charge is 2.30. The summed E-state index contributed by atoms with van der Waals surface area (Å²) in [6.45, 7) is 1.83. The molecule has 0 bridgehead atoms. The molecule has 0 heterocycles. The van der Waals surface area contributed by atoms with Crippen molar-refractivity contribution in [3.8, 4) is 5.75 Å². The second-order valence-electron chi connectivity index (χ2n) is 6.51. The number of ether oxygens (including phenoxy) is 1. The summed E-state index contributed by atoms with van der Waals surface area (Å²) in [5, 5.41) is 3.44. The Morgan fingerprint density at radius 2 is 1.96 bits per heavy atom. The minimum Gasteiger partial charge on any atom is -0.495 e. The molecule has 144 valence electrons. The Hall–Kier alpha value is -2.09. The number of halogens is 1. The van der Waals surface area contributed by atoms with Crippen molar-refractivity contribution in [2.24, 2.45) is 0 Å².